The van der Waals surface area contributed by atoms with Crippen LogP contribution in [0, 0.1) is 0 Å². The summed E-state index contributed by atoms with van der Waals surface area (Å²) in [5.41, 5.74) is 8.31. The van der Waals surface area contributed by atoms with Crippen LogP contribution < -0.4 is 9.47 Å². The third-order valence-corrected chi connectivity index (χ3v) is 6.80. The van der Waals surface area contributed by atoms with E-state index < -0.39 is 0 Å². The molecule has 0 saturated heterocycles. The van der Waals surface area contributed by atoms with E-state index in [2.05, 4.69) is 105 Å². The van der Waals surface area contributed by atoms with Gasteiger partial charge in [0.05, 0.1) is 6.10 Å². The molecule has 184 valence electrons. The van der Waals surface area contributed by atoms with Crippen LogP contribution in [-0.2, 0) is 12.8 Å². The molecular weight excluding hydrogens is 430 g/mol. The molecule has 3 aromatic carbocycles. The first-order valence-electron chi connectivity index (χ1n) is 13.1. The molecule has 0 spiro atoms. The summed E-state index contributed by atoms with van der Waals surface area (Å²) in [6.45, 7) is 12.3. The minimum atomic E-state index is 0.182. The predicted molar refractivity (Wildman–Crippen MR) is 147 cm³/mol. The Morgan fingerprint density at radius 2 is 1.49 bits per heavy atom. The van der Waals surface area contributed by atoms with Crippen molar-refractivity contribution in [3.05, 3.63) is 95.1 Å². The van der Waals surface area contributed by atoms with Gasteiger partial charge in [-0.05, 0) is 104 Å². The second-order valence-corrected chi connectivity index (χ2v) is 9.50. The summed E-state index contributed by atoms with van der Waals surface area (Å²) in [6, 6.07) is 26.2. The lowest BCUT2D eigenvalue weighted by molar-refractivity contribution is 0.223. The zero-order valence-corrected chi connectivity index (χ0v) is 21.7. The summed E-state index contributed by atoms with van der Waals surface area (Å²) in [5.74, 6) is 1.87. The van der Waals surface area contributed by atoms with E-state index in [0.717, 1.165) is 57.0 Å². The van der Waals surface area contributed by atoms with Crippen molar-refractivity contribution in [2.45, 2.75) is 53.1 Å². The smallest absolute Gasteiger partial charge is 0.119 e. The molecule has 1 aliphatic rings. The van der Waals surface area contributed by atoms with Crippen LogP contribution in [0.25, 0.3) is 11.1 Å². The van der Waals surface area contributed by atoms with Gasteiger partial charge in [0.1, 0.15) is 18.1 Å². The molecule has 0 fully saturated rings. The molecule has 1 aliphatic carbocycles. The molecular formula is C32H39NO2. The molecule has 0 heterocycles. The van der Waals surface area contributed by atoms with E-state index in [0.29, 0.717) is 0 Å². The number of benzene rings is 3. The number of allylic oxidation sites excluding steroid dienone is 2. The molecule has 0 unspecified atom stereocenters. The normalized spacial score (nSPS) is 13.3. The second-order valence-electron chi connectivity index (χ2n) is 9.50. The number of likely N-dealkylation sites (N-methyl/N-ethyl adjacent to an activating group) is 1. The zero-order chi connectivity index (χ0) is 24.6. The van der Waals surface area contributed by atoms with E-state index in [4.69, 9.17) is 9.47 Å². The minimum absolute atomic E-state index is 0.182. The second kappa shape index (κ2) is 12.1. The van der Waals surface area contributed by atoms with Gasteiger partial charge in [-0.3, -0.25) is 0 Å². The Balaban J connectivity index is 1.55. The van der Waals surface area contributed by atoms with Gasteiger partial charge in [0.25, 0.3) is 0 Å². The van der Waals surface area contributed by atoms with Gasteiger partial charge in [-0.25, -0.2) is 0 Å². The highest BCUT2D eigenvalue weighted by molar-refractivity contribution is 5.94. The largest absolute Gasteiger partial charge is 0.492 e. The highest BCUT2D eigenvalue weighted by Crippen LogP contribution is 2.39. The fourth-order valence-corrected chi connectivity index (χ4v) is 4.87. The summed E-state index contributed by atoms with van der Waals surface area (Å²) < 4.78 is 11.9. The molecule has 4 rings (SSSR count). The van der Waals surface area contributed by atoms with Gasteiger partial charge >= 0.3 is 0 Å². The molecule has 0 atom stereocenters. The van der Waals surface area contributed by atoms with Gasteiger partial charge in [-0.2, -0.15) is 0 Å². The summed E-state index contributed by atoms with van der Waals surface area (Å²) >= 11 is 0. The summed E-state index contributed by atoms with van der Waals surface area (Å²) in [7, 11) is 0. The Bertz CT molecular complexity index is 1110. The van der Waals surface area contributed by atoms with Crippen LogP contribution in [0.3, 0.4) is 0 Å². The van der Waals surface area contributed by atoms with Gasteiger partial charge in [0, 0.05) is 6.54 Å². The van der Waals surface area contributed by atoms with Crippen LogP contribution in [-0.4, -0.2) is 37.2 Å². The third-order valence-electron chi connectivity index (χ3n) is 6.80. The summed E-state index contributed by atoms with van der Waals surface area (Å²) in [6.07, 6.45) is 3.24. The number of aryl methyl sites for hydroxylation is 1. The highest BCUT2D eigenvalue weighted by Gasteiger charge is 2.20. The molecule has 35 heavy (non-hydrogen) atoms. The standard InChI is InChI=1S/C32H39NO2/c1-5-33(6-2)21-22-34-28-16-11-25(12-17-28)23-32-30-10-8-7-9-26(30)15-20-31(32)27-13-18-29(19-14-27)35-24(3)4/h7-14,16-19,24H,5-6,15,20-23H2,1-4H3. The van der Waals surface area contributed by atoms with Crippen LogP contribution >= 0.6 is 0 Å². The van der Waals surface area contributed by atoms with E-state index in [1.807, 2.05) is 0 Å². The maximum absolute atomic E-state index is 6.00. The molecule has 0 radical (unpaired) electrons. The highest BCUT2D eigenvalue weighted by atomic mass is 16.5. The lowest BCUT2D eigenvalue weighted by atomic mass is 9.80. The van der Waals surface area contributed by atoms with Crippen LogP contribution in [0.2, 0.25) is 0 Å². The van der Waals surface area contributed by atoms with Gasteiger partial charge in [0.15, 0.2) is 0 Å². The number of hydrogen-bond donors (Lipinski definition) is 0. The van der Waals surface area contributed by atoms with Crippen molar-refractivity contribution in [3.8, 4) is 11.5 Å². The Morgan fingerprint density at radius 3 is 2.17 bits per heavy atom. The van der Waals surface area contributed by atoms with Gasteiger partial charge in [-0.15, -0.1) is 0 Å². The molecule has 0 bridgehead atoms. The van der Waals surface area contributed by atoms with Gasteiger partial charge in [0.2, 0.25) is 0 Å². The average molecular weight is 470 g/mol. The first-order valence-corrected chi connectivity index (χ1v) is 13.1. The molecule has 0 amide bonds. The maximum atomic E-state index is 6.00. The van der Waals surface area contributed by atoms with Crippen LogP contribution in [0.15, 0.2) is 72.8 Å². The third kappa shape index (κ3) is 6.55. The molecule has 0 N–H and O–H groups in total. The molecule has 3 nitrogen and oxygen atoms in total. The summed E-state index contributed by atoms with van der Waals surface area (Å²) in [5, 5.41) is 0. The van der Waals surface area contributed by atoms with E-state index in [9.17, 15) is 0 Å². The lowest BCUT2D eigenvalue weighted by Crippen LogP contribution is -2.27. The molecule has 3 aromatic rings. The molecule has 0 aliphatic heterocycles. The number of ether oxygens (including phenoxy) is 2. The summed E-state index contributed by atoms with van der Waals surface area (Å²) in [4.78, 5) is 2.38. The van der Waals surface area contributed by atoms with Crippen molar-refractivity contribution in [2.24, 2.45) is 0 Å². The average Bonchev–Trinajstić information content (AvgIpc) is 2.88. The molecule has 0 saturated carbocycles. The van der Waals surface area contributed by atoms with Gasteiger partial charge < -0.3 is 14.4 Å². The number of nitrogens with zero attached hydrogens (tertiary/aromatic N) is 1. The van der Waals surface area contributed by atoms with Crippen molar-refractivity contribution in [2.75, 3.05) is 26.2 Å². The Hall–Kier alpha value is -3.04. The van der Waals surface area contributed by atoms with Crippen LogP contribution in [0.4, 0.5) is 0 Å². The van der Waals surface area contributed by atoms with Crippen LogP contribution in [0.5, 0.6) is 11.5 Å². The first kappa shape index (κ1) is 25.1. The molecule has 3 heteroatoms. The number of fused-ring (bicyclic) bond motifs is 1. The predicted octanol–water partition coefficient (Wildman–Crippen LogP) is 7.29. The fourth-order valence-electron chi connectivity index (χ4n) is 4.87. The van der Waals surface area contributed by atoms with Crippen LogP contribution in [0.1, 0.15) is 56.4 Å². The van der Waals surface area contributed by atoms with Gasteiger partial charge in [-0.1, -0.05) is 62.4 Å². The Morgan fingerprint density at radius 1 is 0.800 bits per heavy atom. The topological polar surface area (TPSA) is 21.7 Å². The van der Waals surface area contributed by atoms with E-state index >= 15 is 0 Å². The lowest BCUT2D eigenvalue weighted by Gasteiger charge is -2.25. The van der Waals surface area contributed by atoms with Crippen molar-refractivity contribution >= 4 is 11.1 Å². The number of hydrogen-bond acceptors (Lipinski definition) is 3. The first-order chi connectivity index (χ1) is 17.1. The van der Waals surface area contributed by atoms with E-state index in [1.165, 1.54) is 33.4 Å². The van der Waals surface area contributed by atoms with E-state index in [1.54, 1.807) is 0 Å². The van der Waals surface area contributed by atoms with E-state index in [-0.39, 0.29) is 6.10 Å². The Labute approximate surface area is 211 Å². The minimum Gasteiger partial charge on any atom is -0.492 e. The van der Waals surface area contributed by atoms with Crippen molar-refractivity contribution in [1.29, 1.82) is 0 Å². The zero-order valence-electron chi connectivity index (χ0n) is 21.7. The fraction of sp³-hybridized carbons (Fsp3) is 0.375. The molecule has 0 aromatic heterocycles. The SMILES string of the molecule is CCN(CC)CCOc1ccc(CC2=C(c3ccc(OC(C)C)cc3)CCc3ccccc32)cc1. The van der Waals surface area contributed by atoms with Crippen molar-refractivity contribution in [3.63, 3.8) is 0 Å². The maximum Gasteiger partial charge on any atom is 0.119 e. The van der Waals surface area contributed by atoms with Crippen molar-refractivity contribution < 1.29 is 9.47 Å². The van der Waals surface area contributed by atoms with Crippen molar-refractivity contribution in [1.82, 2.24) is 4.90 Å². The number of rotatable bonds is 11. The Kier molecular flexibility index (Phi) is 8.65. The quantitative estimate of drug-likeness (QED) is 0.294. The monoisotopic (exact) mass is 469 g/mol.